The molecule has 23 heavy (non-hydrogen) atoms. The third-order valence-electron chi connectivity index (χ3n) is 4.14. The molecule has 7 heteroatoms. The molecule has 7 nitrogen and oxygen atoms in total. The highest BCUT2D eigenvalue weighted by molar-refractivity contribution is 5.61. The van der Waals surface area contributed by atoms with E-state index >= 15 is 0 Å². The molecule has 0 aromatic carbocycles. The summed E-state index contributed by atoms with van der Waals surface area (Å²) < 4.78 is 9.47. The second-order valence-electron chi connectivity index (χ2n) is 5.96. The predicted molar refractivity (Wildman–Crippen MR) is 87.4 cm³/mol. The summed E-state index contributed by atoms with van der Waals surface area (Å²) in [6, 6.07) is 3.98. The lowest BCUT2D eigenvalue weighted by molar-refractivity contribution is 0.120. The lowest BCUT2D eigenvalue weighted by Crippen LogP contribution is -2.20. The summed E-state index contributed by atoms with van der Waals surface area (Å²) in [6.07, 6.45) is 6.21. The minimum Gasteiger partial charge on any atom is -0.376 e. The molecule has 1 N–H and O–H groups in total. The Hall–Kier alpha value is -2.41. The van der Waals surface area contributed by atoms with Gasteiger partial charge in [-0.3, -0.25) is 0 Å². The van der Waals surface area contributed by atoms with Gasteiger partial charge in [-0.15, -0.1) is 0 Å². The van der Waals surface area contributed by atoms with Crippen molar-refractivity contribution in [1.82, 2.24) is 24.1 Å². The minimum absolute atomic E-state index is 0.281. The van der Waals surface area contributed by atoms with Gasteiger partial charge in [0.15, 0.2) is 11.5 Å². The number of hydrogen-bond donors (Lipinski definition) is 1. The van der Waals surface area contributed by atoms with Gasteiger partial charge >= 0.3 is 0 Å². The average Bonchev–Trinajstić information content (AvgIpc) is 3.23. The molecule has 1 saturated heterocycles. The standard InChI is InChI=1S/C16H20N6O/c1-11-8-14(18-10-12-4-3-7-23-12)22-15(19-11)9-13(20-22)16-17-5-6-21(16)2/h5-6,8-9,12,18H,3-4,7,10H2,1-2H3/t12-/m1/s1. The molecule has 0 radical (unpaired) electrons. The van der Waals surface area contributed by atoms with E-state index in [0.717, 1.165) is 54.7 Å². The number of ether oxygens (including phenoxy) is 1. The first-order chi connectivity index (χ1) is 11.2. The first kappa shape index (κ1) is 14.2. The molecule has 0 amide bonds. The normalized spacial score (nSPS) is 17.9. The molecule has 0 unspecified atom stereocenters. The molecule has 1 aliphatic rings. The van der Waals surface area contributed by atoms with E-state index in [1.165, 1.54) is 0 Å². The second-order valence-corrected chi connectivity index (χ2v) is 5.96. The van der Waals surface area contributed by atoms with Crippen LogP contribution in [0.15, 0.2) is 24.5 Å². The van der Waals surface area contributed by atoms with E-state index in [1.54, 1.807) is 6.20 Å². The largest absolute Gasteiger partial charge is 0.376 e. The van der Waals surface area contributed by atoms with E-state index in [-0.39, 0.29) is 6.10 Å². The number of imidazole rings is 1. The Morgan fingerprint density at radius 1 is 1.39 bits per heavy atom. The molecule has 3 aromatic rings. The van der Waals surface area contributed by atoms with Crippen LogP contribution < -0.4 is 5.32 Å². The summed E-state index contributed by atoms with van der Waals surface area (Å²) in [5, 5.41) is 8.12. The molecule has 4 heterocycles. The van der Waals surface area contributed by atoms with Crippen molar-refractivity contribution in [1.29, 1.82) is 0 Å². The second kappa shape index (κ2) is 5.66. The van der Waals surface area contributed by atoms with Gasteiger partial charge in [0.25, 0.3) is 0 Å². The quantitative estimate of drug-likeness (QED) is 0.798. The van der Waals surface area contributed by atoms with E-state index in [1.807, 2.05) is 41.4 Å². The van der Waals surface area contributed by atoms with Crippen LogP contribution in [0, 0.1) is 6.92 Å². The van der Waals surface area contributed by atoms with Gasteiger partial charge in [-0.25, -0.2) is 9.97 Å². The zero-order chi connectivity index (χ0) is 15.8. The van der Waals surface area contributed by atoms with Crippen LogP contribution in [0.4, 0.5) is 5.82 Å². The van der Waals surface area contributed by atoms with Crippen LogP contribution >= 0.6 is 0 Å². The van der Waals surface area contributed by atoms with Crippen LogP contribution in [-0.2, 0) is 11.8 Å². The van der Waals surface area contributed by atoms with Crippen LogP contribution in [0.25, 0.3) is 17.2 Å². The van der Waals surface area contributed by atoms with E-state index < -0.39 is 0 Å². The molecule has 120 valence electrons. The molecule has 3 aromatic heterocycles. The van der Waals surface area contributed by atoms with Crippen molar-refractivity contribution in [3.63, 3.8) is 0 Å². The zero-order valence-electron chi connectivity index (χ0n) is 13.4. The first-order valence-corrected chi connectivity index (χ1v) is 7.91. The van der Waals surface area contributed by atoms with E-state index in [9.17, 15) is 0 Å². The van der Waals surface area contributed by atoms with Crippen molar-refractivity contribution >= 4 is 11.5 Å². The van der Waals surface area contributed by atoms with Gasteiger partial charge in [0.05, 0.1) is 6.10 Å². The topological polar surface area (TPSA) is 69.3 Å². The molecule has 0 saturated carbocycles. The van der Waals surface area contributed by atoms with Crippen LogP contribution in [0.2, 0.25) is 0 Å². The van der Waals surface area contributed by atoms with Gasteiger partial charge in [-0.1, -0.05) is 0 Å². The molecule has 4 rings (SSSR count). The highest BCUT2D eigenvalue weighted by Gasteiger charge is 2.17. The molecular weight excluding hydrogens is 292 g/mol. The monoisotopic (exact) mass is 312 g/mol. The van der Waals surface area contributed by atoms with Crippen LogP contribution in [0.3, 0.4) is 0 Å². The van der Waals surface area contributed by atoms with Crippen LogP contribution in [0.5, 0.6) is 0 Å². The number of fused-ring (bicyclic) bond motifs is 1. The van der Waals surface area contributed by atoms with E-state index in [4.69, 9.17) is 4.74 Å². The Balaban J connectivity index is 1.69. The SMILES string of the molecule is Cc1cc(NC[C@H]2CCCO2)n2nc(-c3nccn3C)cc2n1. The molecule has 1 aliphatic heterocycles. The van der Waals surface area contributed by atoms with Crippen molar-refractivity contribution in [3.05, 3.63) is 30.2 Å². The maximum atomic E-state index is 5.68. The van der Waals surface area contributed by atoms with Crippen molar-refractivity contribution in [2.75, 3.05) is 18.5 Å². The third-order valence-corrected chi connectivity index (χ3v) is 4.14. The molecule has 0 bridgehead atoms. The van der Waals surface area contributed by atoms with Gasteiger partial charge in [-0.2, -0.15) is 9.61 Å². The average molecular weight is 312 g/mol. The predicted octanol–water partition coefficient (Wildman–Crippen LogP) is 2.03. The Bertz CT molecular complexity index is 830. The summed E-state index contributed by atoms with van der Waals surface area (Å²) in [4.78, 5) is 8.93. The highest BCUT2D eigenvalue weighted by Crippen LogP contribution is 2.21. The Morgan fingerprint density at radius 3 is 3.04 bits per heavy atom. The fraction of sp³-hybridized carbons (Fsp3) is 0.438. The number of aromatic nitrogens is 5. The van der Waals surface area contributed by atoms with E-state index in [0.29, 0.717) is 0 Å². The Kier molecular flexibility index (Phi) is 3.49. The van der Waals surface area contributed by atoms with Crippen molar-refractivity contribution < 1.29 is 4.74 Å². The number of rotatable bonds is 4. The molecule has 1 fully saturated rings. The maximum absolute atomic E-state index is 5.68. The number of anilines is 1. The lowest BCUT2D eigenvalue weighted by Gasteiger charge is -2.13. The summed E-state index contributed by atoms with van der Waals surface area (Å²) in [6.45, 7) is 3.64. The van der Waals surface area contributed by atoms with Crippen molar-refractivity contribution in [2.45, 2.75) is 25.9 Å². The van der Waals surface area contributed by atoms with Gasteiger partial charge in [0.1, 0.15) is 11.5 Å². The van der Waals surface area contributed by atoms with Crippen LogP contribution in [-0.4, -0.2) is 43.4 Å². The highest BCUT2D eigenvalue weighted by atomic mass is 16.5. The Labute approximate surface area is 134 Å². The summed E-state index contributed by atoms with van der Waals surface area (Å²) in [5.74, 6) is 1.77. The zero-order valence-corrected chi connectivity index (χ0v) is 13.4. The van der Waals surface area contributed by atoms with Gasteiger partial charge in [-0.05, 0) is 19.8 Å². The third kappa shape index (κ3) is 2.68. The molecular formula is C16H20N6O. The number of aryl methyl sites for hydroxylation is 2. The summed E-state index contributed by atoms with van der Waals surface area (Å²) in [5.41, 5.74) is 2.59. The number of hydrogen-bond acceptors (Lipinski definition) is 5. The van der Waals surface area contributed by atoms with E-state index in [2.05, 4.69) is 20.4 Å². The first-order valence-electron chi connectivity index (χ1n) is 7.91. The maximum Gasteiger partial charge on any atom is 0.160 e. The molecule has 1 atom stereocenters. The molecule has 0 aliphatic carbocycles. The van der Waals surface area contributed by atoms with Gasteiger partial charge in [0.2, 0.25) is 0 Å². The lowest BCUT2D eigenvalue weighted by atomic mass is 10.2. The van der Waals surface area contributed by atoms with Gasteiger partial charge < -0.3 is 14.6 Å². The summed E-state index contributed by atoms with van der Waals surface area (Å²) >= 11 is 0. The van der Waals surface area contributed by atoms with Gasteiger partial charge in [0, 0.05) is 50.4 Å². The summed E-state index contributed by atoms with van der Waals surface area (Å²) in [7, 11) is 1.96. The van der Waals surface area contributed by atoms with Crippen molar-refractivity contribution in [2.24, 2.45) is 7.05 Å². The number of nitrogens with one attached hydrogen (secondary N) is 1. The minimum atomic E-state index is 0.281. The van der Waals surface area contributed by atoms with Crippen LogP contribution in [0.1, 0.15) is 18.5 Å². The number of nitrogens with zero attached hydrogens (tertiary/aromatic N) is 5. The van der Waals surface area contributed by atoms with Crippen molar-refractivity contribution in [3.8, 4) is 11.5 Å². The smallest absolute Gasteiger partial charge is 0.160 e. The fourth-order valence-corrected chi connectivity index (χ4v) is 2.97. The molecule has 0 spiro atoms. The Morgan fingerprint density at radius 2 is 2.30 bits per heavy atom. The fourth-order valence-electron chi connectivity index (χ4n) is 2.97.